The third-order valence-electron chi connectivity index (χ3n) is 4.76. The van der Waals surface area contributed by atoms with Gasteiger partial charge in [-0.05, 0) is 25.3 Å². The van der Waals surface area contributed by atoms with Gasteiger partial charge in [0.1, 0.15) is 12.1 Å². The number of aromatic nitrogens is 2. The first-order valence-electron chi connectivity index (χ1n) is 8.96. The van der Waals surface area contributed by atoms with Crippen molar-refractivity contribution in [3.05, 3.63) is 18.2 Å². The van der Waals surface area contributed by atoms with E-state index in [1.807, 2.05) is 13.8 Å². The first-order chi connectivity index (χ1) is 12.4. The van der Waals surface area contributed by atoms with Gasteiger partial charge in [0.15, 0.2) is 0 Å². The van der Waals surface area contributed by atoms with Crippen molar-refractivity contribution < 1.29 is 19.5 Å². The van der Waals surface area contributed by atoms with E-state index in [1.165, 1.54) is 12.5 Å². The highest BCUT2D eigenvalue weighted by molar-refractivity contribution is 5.92. The molecule has 0 bridgehead atoms. The van der Waals surface area contributed by atoms with E-state index in [-0.39, 0.29) is 24.3 Å². The molecule has 4 atom stereocenters. The molecule has 1 aliphatic rings. The first-order valence-corrected chi connectivity index (χ1v) is 8.96. The lowest BCUT2D eigenvalue weighted by atomic mass is 9.97. The number of carboxylic acids is 1. The summed E-state index contributed by atoms with van der Waals surface area (Å²) in [5, 5.41) is 17.8. The number of imidazole rings is 1. The zero-order valence-corrected chi connectivity index (χ0v) is 15.1. The van der Waals surface area contributed by atoms with Crippen molar-refractivity contribution >= 4 is 17.8 Å². The predicted octanol–water partition coefficient (Wildman–Crippen LogP) is -0.195. The van der Waals surface area contributed by atoms with Crippen LogP contribution in [0.25, 0.3) is 0 Å². The largest absolute Gasteiger partial charge is 0.480 e. The number of carbonyl (C=O) groups is 3. The normalized spacial score (nSPS) is 20.2. The number of aliphatic carboxylic acids is 1. The second-order valence-electron chi connectivity index (χ2n) is 6.70. The molecule has 2 amide bonds. The van der Waals surface area contributed by atoms with Gasteiger partial charge >= 0.3 is 5.97 Å². The van der Waals surface area contributed by atoms with Crippen LogP contribution in [0.4, 0.5) is 0 Å². The molecule has 1 fully saturated rings. The number of H-pyrrole nitrogens is 1. The molecule has 0 radical (unpaired) electrons. The molecule has 1 saturated heterocycles. The summed E-state index contributed by atoms with van der Waals surface area (Å²) in [6.07, 6.45) is 5.39. The molecule has 5 N–H and O–H groups in total. The molecule has 2 rings (SSSR count). The van der Waals surface area contributed by atoms with Crippen molar-refractivity contribution in [2.75, 3.05) is 6.54 Å². The van der Waals surface area contributed by atoms with E-state index in [0.29, 0.717) is 12.1 Å². The molecular weight excluding hydrogens is 338 g/mol. The summed E-state index contributed by atoms with van der Waals surface area (Å²) in [4.78, 5) is 43.3. The van der Waals surface area contributed by atoms with Crippen LogP contribution in [0.2, 0.25) is 0 Å². The van der Waals surface area contributed by atoms with Gasteiger partial charge in [0.2, 0.25) is 11.8 Å². The molecule has 9 nitrogen and oxygen atoms in total. The van der Waals surface area contributed by atoms with Crippen molar-refractivity contribution in [3.8, 4) is 0 Å². The van der Waals surface area contributed by atoms with Crippen LogP contribution in [0.3, 0.4) is 0 Å². The van der Waals surface area contributed by atoms with E-state index in [9.17, 15) is 19.5 Å². The average Bonchev–Trinajstić information content (AvgIpc) is 3.31. The van der Waals surface area contributed by atoms with Crippen molar-refractivity contribution in [3.63, 3.8) is 0 Å². The fourth-order valence-electron chi connectivity index (χ4n) is 2.94. The second-order valence-corrected chi connectivity index (χ2v) is 6.70. The second kappa shape index (κ2) is 9.33. The van der Waals surface area contributed by atoms with E-state index in [2.05, 4.69) is 25.9 Å². The Labute approximate surface area is 152 Å². The Bertz CT molecular complexity index is 613. The van der Waals surface area contributed by atoms with E-state index in [4.69, 9.17) is 0 Å². The van der Waals surface area contributed by atoms with Gasteiger partial charge in [-0.3, -0.25) is 9.59 Å². The number of nitrogens with one attached hydrogen (secondary N) is 4. The Kier molecular flexibility index (Phi) is 7.14. The molecule has 26 heavy (non-hydrogen) atoms. The van der Waals surface area contributed by atoms with Gasteiger partial charge < -0.3 is 26.0 Å². The summed E-state index contributed by atoms with van der Waals surface area (Å²) in [6, 6.07) is -2.18. The molecule has 0 saturated carbocycles. The maximum absolute atomic E-state index is 12.7. The van der Waals surface area contributed by atoms with Crippen LogP contribution in [0.5, 0.6) is 0 Å². The summed E-state index contributed by atoms with van der Waals surface area (Å²) in [5.41, 5.74) is 0.608. The Morgan fingerprint density at radius 2 is 2.15 bits per heavy atom. The molecule has 144 valence electrons. The van der Waals surface area contributed by atoms with E-state index < -0.39 is 24.0 Å². The van der Waals surface area contributed by atoms with Crippen molar-refractivity contribution in [2.24, 2.45) is 5.92 Å². The van der Waals surface area contributed by atoms with Crippen LogP contribution in [0.1, 0.15) is 38.8 Å². The molecule has 0 aromatic carbocycles. The van der Waals surface area contributed by atoms with Gasteiger partial charge in [-0.1, -0.05) is 20.3 Å². The third-order valence-corrected chi connectivity index (χ3v) is 4.76. The van der Waals surface area contributed by atoms with Gasteiger partial charge in [-0.2, -0.15) is 0 Å². The van der Waals surface area contributed by atoms with Crippen LogP contribution in [0, 0.1) is 5.92 Å². The van der Waals surface area contributed by atoms with Crippen LogP contribution in [-0.2, 0) is 20.8 Å². The SMILES string of the molecule is CC[C@H](C)[C@H](NC(=O)[C@@H]1CCCN1)C(=O)N[C@@H](Cc1cnc[nH]1)C(=O)O. The minimum Gasteiger partial charge on any atom is -0.480 e. The van der Waals surface area contributed by atoms with E-state index >= 15 is 0 Å². The Morgan fingerprint density at radius 3 is 2.69 bits per heavy atom. The molecule has 1 aliphatic heterocycles. The number of nitrogens with zero attached hydrogens (tertiary/aromatic N) is 1. The van der Waals surface area contributed by atoms with Gasteiger partial charge in [0.25, 0.3) is 0 Å². The topological polar surface area (TPSA) is 136 Å². The molecule has 1 aromatic heterocycles. The lowest BCUT2D eigenvalue weighted by Crippen LogP contribution is -2.56. The first kappa shape index (κ1) is 19.9. The number of hydrogen-bond donors (Lipinski definition) is 5. The molecule has 2 heterocycles. The Balaban J connectivity index is 2.03. The number of rotatable bonds is 9. The Morgan fingerprint density at radius 1 is 1.38 bits per heavy atom. The number of amides is 2. The average molecular weight is 365 g/mol. The standard InChI is InChI=1S/C17H27N5O4/c1-3-10(2)14(22-15(23)12-5-4-6-19-12)16(24)21-13(17(25)26)7-11-8-18-9-20-11/h8-10,12-14,19H,3-7H2,1-2H3,(H,18,20)(H,21,24)(H,22,23)(H,25,26)/t10-,12-,13-,14-/m0/s1. The van der Waals surface area contributed by atoms with Crippen LogP contribution < -0.4 is 16.0 Å². The number of hydrogen-bond acceptors (Lipinski definition) is 5. The highest BCUT2D eigenvalue weighted by Crippen LogP contribution is 2.11. The zero-order chi connectivity index (χ0) is 19.1. The number of carboxylic acid groups (broad SMARTS) is 1. The van der Waals surface area contributed by atoms with E-state index in [0.717, 1.165) is 19.4 Å². The highest BCUT2D eigenvalue weighted by atomic mass is 16.4. The quantitative estimate of drug-likeness (QED) is 0.411. The monoisotopic (exact) mass is 365 g/mol. The van der Waals surface area contributed by atoms with E-state index in [1.54, 1.807) is 0 Å². The molecule has 0 unspecified atom stereocenters. The molecule has 1 aromatic rings. The van der Waals surface area contributed by atoms with Gasteiger partial charge in [-0.25, -0.2) is 9.78 Å². The lowest BCUT2D eigenvalue weighted by molar-refractivity contribution is -0.142. The van der Waals surface area contributed by atoms with Crippen molar-refractivity contribution in [1.29, 1.82) is 0 Å². The highest BCUT2D eigenvalue weighted by Gasteiger charge is 2.32. The van der Waals surface area contributed by atoms with Gasteiger partial charge in [0.05, 0.1) is 12.4 Å². The lowest BCUT2D eigenvalue weighted by Gasteiger charge is -2.26. The molecule has 0 spiro atoms. The minimum atomic E-state index is -1.14. The maximum atomic E-state index is 12.7. The van der Waals surface area contributed by atoms with Crippen LogP contribution >= 0.6 is 0 Å². The summed E-state index contributed by atoms with van der Waals surface area (Å²) < 4.78 is 0. The van der Waals surface area contributed by atoms with Crippen molar-refractivity contribution in [1.82, 2.24) is 25.9 Å². The minimum absolute atomic E-state index is 0.0897. The molecule has 0 aliphatic carbocycles. The Hall–Kier alpha value is -2.42. The number of aromatic amines is 1. The summed E-state index contributed by atoms with van der Waals surface area (Å²) in [7, 11) is 0. The number of carbonyl (C=O) groups excluding carboxylic acids is 2. The fraction of sp³-hybridized carbons (Fsp3) is 0.647. The molecular formula is C17H27N5O4. The zero-order valence-electron chi connectivity index (χ0n) is 15.1. The third kappa shape index (κ3) is 5.29. The fourth-order valence-corrected chi connectivity index (χ4v) is 2.94. The predicted molar refractivity (Wildman–Crippen MR) is 94.3 cm³/mol. The maximum Gasteiger partial charge on any atom is 0.326 e. The molecule has 9 heteroatoms. The smallest absolute Gasteiger partial charge is 0.326 e. The summed E-state index contributed by atoms with van der Waals surface area (Å²) >= 11 is 0. The van der Waals surface area contributed by atoms with Gasteiger partial charge in [-0.15, -0.1) is 0 Å². The van der Waals surface area contributed by atoms with Crippen LogP contribution in [0.15, 0.2) is 12.5 Å². The summed E-state index contributed by atoms with van der Waals surface area (Å²) in [5.74, 6) is -1.97. The van der Waals surface area contributed by atoms with Crippen LogP contribution in [-0.4, -0.2) is 57.5 Å². The van der Waals surface area contributed by atoms with Crippen molar-refractivity contribution in [2.45, 2.75) is 57.7 Å². The van der Waals surface area contributed by atoms with Gasteiger partial charge in [0, 0.05) is 18.3 Å². The summed E-state index contributed by atoms with van der Waals surface area (Å²) in [6.45, 7) is 4.56.